The number of hydrogen-bond acceptors (Lipinski definition) is 17. The van der Waals surface area contributed by atoms with E-state index >= 15 is 0 Å². The molecule has 27 heteroatoms. The Morgan fingerprint density at radius 3 is 1.07 bits per heavy atom. The van der Waals surface area contributed by atoms with Gasteiger partial charge in [-0.05, 0) is 111 Å². The predicted molar refractivity (Wildman–Crippen MR) is 363 cm³/mol. The topological polar surface area (TPSA) is 214 Å². The van der Waals surface area contributed by atoms with Gasteiger partial charge >= 0.3 is 35.3 Å². The monoisotopic (exact) mass is 1310 g/mol. The van der Waals surface area contributed by atoms with Crippen LogP contribution in [0.2, 0.25) is 0 Å². The summed E-state index contributed by atoms with van der Waals surface area (Å²) in [5.41, 5.74) is 7.86. The van der Waals surface area contributed by atoms with E-state index in [1.165, 1.54) is 47.9 Å². The van der Waals surface area contributed by atoms with Crippen LogP contribution in [0.25, 0.3) is 21.5 Å². The number of ether oxygens (including phenoxy) is 4. The molecule has 9 aromatic rings. The molecule has 6 aliphatic heterocycles. The summed E-state index contributed by atoms with van der Waals surface area (Å²) in [6.07, 6.45) is 0.178. The molecule has 17 nitrogen and oxygen atoms in total. The van der Waals surface area contributed by atoms with Gasteiger partial charge in [0.2, 0.25) is 0 Å². The second-order valence-corrected chi connectivity index (χ2v) is 24.9. The molecule has 0 spiro atoms. The number of anilines is 4. The van der Waals surface area contributed by atoms with E-state index in [-0.39, 0.29) is 58.6 Å². The lowest BCUT2D eigenvalue weighted by molar-refractivity contribution is -0.0466. The smallest absolute Gasteiger partial charge is 0.423 e. The summed E-state index contributed by atoms with van der Waals surface area (Å²) in [5, 5.41) is 35.5. The lowest BCUT2D eigenvalue weighted by Gasteiger charge is -2.33. The molecule has 15 rings (SSSR count). The highest BCUT2D eigenvalue weighted by molar-refractivity contribution is 6.81. The quantitative estimate of drug-likeness (QED) is 0.0429. The zero-order chi connectivity index (χ0) is 67.7. The number of carbonyl (C=O) groups is 3. The van der Waals surface area contributed by atoms with Crippen LogP contribution in [0.1, 0.15) is 82.5 Å². The highest BCUT2D eigenvalue weighted by Crippen LogP contribution is 2.36. The van der Waals surface area contributed by atoms with E-state index in [0.717, 1.165) is 55.9 Å². The Morgan fingerprint density at radius 2 is 0.729 bits per heavy atom. The second kappa shape index (κ2) is 30.6. The molecule has 490 valence electrons. The van der Waals surface area contributed by atoms with Crippen molar-refractivity contribution in [2.24, 2.45) is 10.8 Å². The van der Waals surface area contributed by atoms with E-state index in [2.05, 4.69) is 59.0 Å². The summed E-state index contributed by atoms with van der Waals surface area (Å²) in [4.78, 5) is 31.4. The fourth-order valence-electron chi connectivity index (χ4n) is 11.2. The summed E-state index contributed by atoms with van der Waals surface area (Å²) in [5.74, 6) is -2.48. The first-order chi connectivity index (χ1) is 46.3. The second-order valence-electron chi connectivity index (χ2n) is 24.9. The Morgan fingerprint density at radius 1 is 0.417 bits per heavy atom. The number of benzene rings is 9. The summed E-state index contributed by atoms with van der Waals surface area (Å²) in [7, 11) is -2.75. The third-order valence-electron chi connectivity index (χ3n) is 16.3. The molecule has 0 bridgehead atoms. The normalized spacial score (nSPS) is 16.7. The van der Waals surface area contributed by atoms with E-state index in [1.807, 2.05) is 68.4 Å². The van der Waals surface area contributed by atoms with Crippen molar-refractivity contribution in [1.29, 1.82) is 0 Å². The Kier molecular flexibility index (Phi) is 21.9. The molecule has 6 heterocycles. The maximum Gasteiger partial charge on any atom is 0.494 e. The number of carbonyl (C=O) groups excluding carboxylic acids is 3. The first-order valence-corrected chi connectivity index (χ1v) is 31.0. The van der Waals surface area contributed by atoms with Crippen LogP contribution in [-0.4, -0.2) is 117 Å². The van der Waals surface area contributed by atoms with Crippen molar-refractivity contribution in [2.75, 3.05) is 73.8 Å². The average molecular weight is 1310 g/mol. The Hall–Kier alpha value is -8.72. The molecule has 0 saturated carbocycles. The summed E-state index contributed by atoms with van der Waals surface area (Å²) in [6.45, 7) is 12.1. The Bertz CT molecular complexity index is 4190. The molecule has 6 N–H and O–H groups in total. The molecular formula is C69H66B5F5N4O13. The molecule has 9 aromatic carbocycles. The van der Waals surface area contributed by atoms with Crippen LogP contribution in [0.5, 0.6) is 0 Å². The van der Waals surface area contributed by atoms with Crippen LogP contribution < -0.4 is 48.2 Å². The third-order valence-corrected chi connectivity index (χ3v) is 16.3. The maximum absolute atomic E-state index is 14.6. The van der Waals surface area contributed by atoms with E-state index in [0.29, 0.717) is 93.8 Å². The van der Waals surface area contributed by atoms with Gasteiger partial charge in [-0.3, -0.25) is 14.4 Å². The van der Waals surface area contributed by atoms with Gasteiger partial charge in [-0.2, -0.15) is 0 Å². The number of halogens is 5. The van der Waals surface area contributed by atoms with E-state index in [1.54, 1.807) is 36.4 Å². The zero-order valence-electron chi connectivity index (χ0n) is 52.8. The summed E-state index contributed by atoms with van der Waals surface area (Å²) < 4.78 is 112. The van der Waals surface area contributed by atoms with Crippen molar-refractivity contribution >= 4 is 126 Å². The average Bonchev–Trinajstić information content (AvgIpc) is 0.947. The molecule has 4 fully saturated rings. The summed E-state index contributed by atoms with van der Waals surface area (Å²) >= 11 is 0. The fourth-order valence-corrected chi connectivity index (χ4v) is 11.2. The molecule has 6 aliphatic rings. The number of rotatable bonds is 10. The Balaban J connectivity index is 0.000000124. The molecule has 0 amide bonds. The standard InChI is InChI=1S/C19H16BFN2O2.C17H12BFN2O.C14H18BFO4.C12H14BFO3.C7H6BFO3/c21-15-11-13(7-8-14(15)19-24-9-10-25-19)20-22-16-5-1-3-12-4-2-6-17(23-20)18(12)16;19-14-9-13(8-7-12(14)10-22)18-20-15-5-1-3-11-4-2-6-16(21-18)17(11)15;1-14(2)8-19-15(20-9-14)10-3-4-11(12(16)7-10)13-17-5-6-18-13;1-12(2)7-16-13(17-8-12)10-4-3-9(6-15)11(14)5-10;9-7-3-6(8(11)12)2-1-5(7)4-10/h1-8,11,19,22-23H,9-10H2;1-10,20-21H;3-4,7,13H,5-6,8-9H2,1-2H3;3-6H,7-8H2,1-2H3;1-4,11-12H. The van der Waals surface area contributed by atoms with Crippen LogP contribution in [0.15, 0.2) is 164 Å². The highest BCUT2D eigenvalue weighted by Gasteiger charge is 2.36. The third kappa shape index (κ3) is 16.4. The van der Waals surface area contributed by atoms with Crippen LogP contribution in [-0.2, 0) is 37.6 Å². The molecule has 4 saturated heterocycles. The van der Waals surface area contributed by atoms with Gasteiger partial charge in [0.1, 0.15) is 29.1 Å². The van der Waals surface area contributed by atoms with Crippen LogP contribution in [0.4, 0.5) is 44.7 Å². The highest BCUT2D eigenvalue weighted by atomic mass is 19.1. The van der Waals surface area contributed by atoms with Crippen LogP contribution in [0.3, 0.4) is 0 Å². The van der Waals surface area contributed by atoms with Crippen molar-refractivity contribution in [3.05, 3.63) is 221 Å². The van der Waals surface area contributed by atoms with E-state index in [4.69, 9.17) is 47.6 Å². The number of aldehydes is 3. The largest absolute Gasteiger partial charge is 0.494 e. The first kappa shape index (κ1) is 68.7. The minimum Gasteiger partial charge on any atom is -0.423 e. The molecule has 0 aliphatic carbocycles. The SMILES string of the molecule is CC1(C)COB(c2ccc(C3OCCO3)c(F)c2)OC1.CC1(C)COB(c2ccc(C=O)c(F)c2)OC1.Fc1cc(B2Nc3cccc4cccc(c34)N2)ccc1C1OCCO1.O=Cc1ccc(B(O)O)cc1F.O=Cc1ccc(B2Nc3cccc4cccc(c34)N2)cc1F. The van der Waals surface area contributed by atoms with Gasteiger partial charge in [0.25, 0.3) is 0 Å². The van der Waals surface area contributed by atoms with Gasteiger partial charge in [-0.25, -0.2) is 22.0 Å². The van der Waals surface area contributed by atoms with E-state index in [9.17, 15) is 36.3 Å². The van der Waals surface area contributed by atoms with Crippen molar-refractivity contribution in [3.63, 3.8) is 0 Å². The molecule has 0 aromatic heterocycles. The number of nitrogens with one attached hydrogen (secondary N) is 4. The summed E-state index contributed by atoms with van der Waals surface area (Å²) in [6, 6.07) is 46.9. The minimum absolute atomic E-state index is 0.000509. The zero-order valence-corrected chi connectivity index (χ0v) is 52.8. The Labute approximate surface area is 552 Å². The lowest BCUT2D eigenvalue weighted by Crippen LogP contribution is -2.48. The van der Waals surface area contributed by atoms with Gasteiger partial charge in [0.05, 0.1) is 26.4 Å². The van der Waals surface area contributed by atoms with Gasteiger partial charge in [-0.15, -0.1) is 0 Å². The van der Waals surface area contributed by atoms with Crippen molar-refractivity contribution in [3.8, 4) is 0 Å². The predicted octanol–water partition coefficient (Wildman–Crippen LogP) is 8.65. The molecule has 96 heavy (non-hydrogen) atoms. The van der Waals surface area contributed by atoms with Gasteiger partial charge < -0.3 is 68.5 Å². The maximum atomic E-state index is 14.6. The van der Waals surface area contributed by atoms with Gasteiger partial charge in [0.15, 0.2) is 31.4 Å². The fraction of sp³-hybridized carbons (Fsp3) is 0.232. The molecule has 0 unspecified atom stereocenters. The van der Waals surface area contributed by atoms with Crippen molar-refractivity contribution in [2.45, 2.75) is 40.3 Å². The molecule has 0 atom stereocenters. The van der Waals surface area contributed by atoms with Crippen LogP contribution >= 0.6 is 0 Å². The van der Waals surface area contributed by atoms with Crippen molar-refractivity contribution < 1.29 is 83.9 Å². The van der Waals surface area contributed by atoms with Crippen LogP contribution in [0, 0.1) is 39.9 Å². The first-order valence-electron chi connectivity index (χ1n) is 31.0. The van der Waals surface area contributed by atoms with Crippen molar-refractivity contribution in [1.82, 2.24) is 0 Å². The lowest BCUT2D eigenvalue weighted by atomic mass is 9.66. The minimum atomic E-state index is -1.71. The van der Waals surface area contributed by atoms with Gasteiger partial charge in [-0.1, -0.05) is 119 Å². The molecular weight excluding hydrogens is 1240 g/mol. The molecule has 0 radical (unpaired) electrons. The van der Waals surface area contributed by atoms with E-state index < -0.39 is 51.4 Å². The van der Waals surface area contributed by atoms with Gasteiger partial charge in [0, 0.05) is 98.6 Å². The number of hydrogen-bond donors (Lipinski definition) is 6.